The minimum absolute atomic E-state index is 0.00616. The molecule has 0 saturated carbocycles. The smallest absolute Gasteiger partial charge is 0.185 e. The highest BCUT2D eigenvalue weighted by Gasteiger charge is 2.35. The second-order valence-electron chi connectivity index (χ2n) is 3.06. The monoisotopic (exact) mass is 176 g/mol. The average molecular weight is 176 g/mol. The zero-order valence-electron chi connectivity index (χ0n) is 7.43. The van der Waals surface area contributed by atoms with Crippen LogP contribution in [0, 0.1) is 0 Å². The second kappa shape index (κ2) is 4.18. The van der Waals surface area contributed by atoms with Crippen LogP contribution in [0.3, 0.4) is 0 Å². The first-order chi connectivity index (χ1) is 5.69. The summed E-state index contributed by atoms with van der Waals surface area (Å²) in [4.78, 5) is 0. The number of aliphatic hydroxyl groups is 2. The molecule has 1 aliphatic heterocycles. The SMILES string of the molecule is CCC1C[C@H](O)[C@@H](O)[C@H](OC)O1. The molecular formula is C8H16O4. The first-order valence-electron chi connectivity index (χ1n) is 4.23. The fraction of sp³-hybridized carbons (Fsp3) is 1.00. The lowest BCUT2D eigenvalue weighted by atomic mass is 10.0. The van der Waals surface area contributed by atoms with E-state index in [1.54, 1.807) is 0 Å². The Hall–Kier alpha value is -0.160. The van der Waals surface area contributed by atoms with Gasteiger partial charge in [0.2, 0.25) is 0 Å². The molecule has 0 radical (unpaired) electrons. The second-order valence-corrected chi connectivity index (χ2v) is 3.06. The lowest BCUT2D eigenvalue weighted by Crippen LogP contribution is -2.48. The molecule has 1 saturated heterocycles. The molecule has 12 heavy (non-hydrogen) atoms. The van der Waals surface area contributed by atoms with Crippen molar-refractivity contribution < 1.29 is 19.7 Å². The molecule has 1 fully saturated rings. The van der Waals surface area contributed by atoms with Gasteiger partial charge in [-0.2, -0.15) is 0 Å². The molecule has 4 heteroatoms. The summed E-state index contributed by atoms with van der Waals surface area (Å²) in [6, 6.07) is 0. The Kier molecular flexibility index (Phi) is 3.46. The van der Waals surface area contributed by atoms with Crippen LogP contribution in [-0.2, 0) is 9.47 Å². The van der Waals surface area contributed by atoms with Gasteiger partial charge in [-0.1, -0.05) is 6.92 Å². The minimum Gasteiger partial charge on any atom is -0.390 e. The molecule has 0 aliphatic carbocycles. The number of hydrogen-bond donors (Lipinski definition) is 2. The maximum absolute atomic E-state index is 9.37. The van der Waals surface area contributed by atoms with Crippen molar-refractivity contribution in [1.29, 1.82) is 0 Å². The fourth-order valence-corrected chi connectivity index (χ4v) is 1.37. The van der Waals surface area contributed by atoms with E-state index in [9.17, 15) is 10.2 Å². The highest BCUT2D eigenvalue weighted by Crippen LogP contribution is 2.22. The number of rotatable bonds is 2. The van der Waals surface area contributed by atoms with Gasteiger partial charge >= 0.3 is 0 Å². The van der Waals surface area contributed by atoms with Crippen molar-refractivity contribution in [2.45, 2.75) is 44.4 Å². The molecule has 0 aromatic heterocycles. The molecule has 0 amide bonds. The third-order valence-corrected chi connectivity index (χ3v) is 2.19. The van der Waals surface area contributed by atoms with Crippen LogP contribution < -0.4 is 0 Å². The van der Waals surface area contributed by atoms with Crippen LogP contribution in [0.25, 0.3) is 0 Å². The summed E-state index contributed by atoms with van der Waals surface area (Å²) in [6.07, 6.45) is -1.03. The van der Waals surface area contributed by atoms with Gasteiger partial charge < -0.3 is 19.7 Å². The van der Waals surface area contributed by atoms with Crippen LogP contribution in [0.4, 0.5) is 0 Å². The number of methoxy groups -OCH3 is 1. The number of hydrogen-bond acceptors (Lipinski definition) is 4. The van der Waals surface area contributed by atoms with Crippen LogP contribution in [0.15, 0.2) is 0 Å². The maximum atomic E-state index is 9.37. The van der Waals surface area contributed by atoms with Gasteiger partial charge in [-0.3, -0.25) is 0 Å². The first-order valence-corrected chi connectivity index (χ1v) is 4.23. The van der Waals surface area contributed by atoms with E-state index in [2.05, 4.69) is 0 Å². The predicted molar refractivity (Wildman–Crippen MR) is 42.6 cm³/mol. The molecular weight excluding hydrogens is 160 g/mol. The Morgan fingerprint density at radius 3 is 2.67 bits per heavy atom. The van der Waals surface area contributed by atoms with Crippen molar-refractivity contribution in [3.63, 3.8) is 0 Å². The van der Waals surface area contributed by atoms with Crippen LogP contribution in [-0.4, -0.2) is 41.9 Å². The van der Waals surface area contributed by atoms with Gasteiger partial charge in [0.1, 0.15) is 6.10 Å². The van der Waals surface area contributed by atoms with Crippen molar-refractivity contribution >= 4 is 0 Å². The van der Waals surface area contributed by atoms with E-state index in [-0.39, 0.29) is 6.10 Å². The van der Waals surface area contributed by atoms with Crippen LogP contribution in [0.5, 0.6) is 0 Å². The lowest BCUT2D eigenvalue weighted by molar-refractivity contribution is -0.257. The molecule has 0 bridgehead atoms. The molecule has 0 spiro atoms. The van der Waals surface area contributed by atoms with Gasteiger partial charge in [-0.05, 0) is 6.42 Å². The van der Waals surface area contributed by atoms with Gasteiger partial charge in [0.05, 0.1) is 12.2 Å². The Bertz CT molecular complexity index is 139. The largest absolute Gasteiger partial charge is 0.390 e. The van der Waals surface area contributed by atoms with E-state index in [4.69, 9.17) is 9.47 Å². The summed E-state index contributed by atoms with van der Waals surface area (Å²) in [7, 11) is 1.46. The van der Waals surface area contributed by atoms with Gasteiger partial charge in [0.25, 0.3) is 0 Å². The highest BCUT2D eigenvalue weighted by atomic mass is 16.7. The fourth-order valence-electron chi connectivity index (χ4n) is 1.37. The molecule has 4 atom stereocenters. The van der Waals surface area contributed by atoms with Gasteiger partial charge in [-0.15, -0.1) is 0 Å². The predicted octanol–water partition coefficient (Wildman–Crippen LogP) is -0.120. The summed E-state index contributed by atoms with van der Waals surface area (Å²) < 4.78 is 10.2. The molecule has 1 heterocycles. The van der Waals surface area contributed by atoms with Gasteiger partial charge in [0, 0.05) is 13.5 Å². The Labute approximate surface area is 72.1 Å². The quantitative estimate of drug-likeness (QED) is 0.616. The highest BCUT2D eigenvalue weighted by molar-refractivity contribution is 4.80. The van der Waals surface area contributed by atoms with Crippen molar-refractivity contribution in [2.75, 3.05) is 7.11 Å². The number of ether oxygens (including phenoxy) is 2. The molecule has 1 unspecified atom stereocenters. The third kappa shape index (κ3) is 1.95. The first kappa shape index (κ1) is 9.92. The van der Waals surface area contributed by atoms with Crippen molar-refractivity contribution in [1.82, 2.24) is 0 Å². The van der Waals surface area contributed by atoms with E-state index < -0.39 is 18.5 Å². The summed E-state index contributed by atoms with van der Waals surface area (Å²) >= 11 is 0. The molecule has 4 nitrogen and oxygen atoms in total. The zero-order valence-corrected chi connectivity index (χ0v) is 7.43. The molecule has 0 aromatic rings. The minimum atomic E-state index is -0.919. The normalized spacial score (nSPS) is 43.0. The summed E-state index contributed by atoms with van der Waals surface area (Å²) in [6.45, 7) is 1.97. The topological polar surface area (TPSA) is 58.9 Å². The molecule has 1 rings (SSSR count). The van der Waals surface area contributed by atoms with E-state index in [0.717, 1.165) is 6.42 Å². The zero-order chi connectivity index (χ0) is 9.14. The molecule has 72 valence electrons. The summed E-state index contributed by atoms with van der Waals surface area (Å²) in [5, 5.41) is 18.7. The third-order valence-electron chi connectivity index (χ3n) is 2.19. The average Bonchev–Trinajstić information content (AvgIpc) is 2.09. The maximum Gasteiger partial charge on any atom is 0.185 e. The number of aliphatic hydroxyl groups excluding tert-OH is 2. The van der Waals surface area contributed by atoms with Crippen LogP contribution in [0.1, 0.15) is 19.8 Å². The van der Waals surface area contributed by atoms with Crippen molar-refractivity contribution in [2.24, 2.45) is 0 Å². The van der Waals surface area contributed by atoms with Gasteiger partial charge in [-0.25, -0.2) is 0 Å². The van der Waals surface area contributed by atoms with Crippen molar-refractivity contribution in [3.05, 3.63) is 0 Å². The summed E-state index contributed by atoms with van der Waals surface area (Å²) in [5.41, 5.74) is 0. The Morgan fingerprint density at radius 2 is 2.17 bits per heavy atom. The molecule has 0 aromatic carbocycles. The van der Waals surface area contributed by atoms with Crippen molar-refractivity contribution in [3.8, 4) is 0 Å². The van der Waals surface area contributed by atoms with E-state index in [1.807, 2.05) is 6.92 Å². The summed E-state index contributed by atoms with van der Waals surface area (Å²) in [5.74, 6) is 0. The van der Waals surface area contributed by atoms with Crippen LogP contribution >= 0.6 is 0 Å². The van der Waals surface area contributed by atoms with Crippen LogP contribution in [0.2, 0.25) is 0 Å². The van der Waals surface area contributed by atoms with E-state index in [0.29, 0.717) is 6.42 Å². The Balaban J connectivity index is 2.52. The molecule has 1 aliphatic rings. The van der Waals surface area contributed by atoms with E-state index in [1.165, 1.54) is 7.11 Å². The Morgan fingerprint density at radius 1 is 1.50 bits per heavy atom. The molecule has 2 N–H and O–H groups in total. The lowest BCUT2D eigenvalue weighted by Gasteiger charge is -2.35. The van der Waals surface area contributed by atoms with Gasteiger partial charge in [0.15, 0.2) is 6.29 Å². The standard InChI is InChI=1S/C8H16O4/c1-3-5-4-6(9)7(10)8(11-2)12-5/h5-10H,3-4H2,1-2H3/t5?,6-,7+,8+/m0/s1. The van der Waals surface area contributed by atoms with E-state index >= 15 is 0 Å².